The number of nitrogens with one attached hydrogen (secondary N) is 1. The van der Waals surface area contributed by atoms with Gasteiger partial charge in [-0.3, -0.25) is 10.1 Å². The molecule has 3 unspecified atom stereocenters. The zero-order valence-corrected chi connectivity index (χ0v) is 9.12. The molecule has 2 aliphatic rings. The first kappa shape index (κ1) is 9.97. The van der Waals surface area contributed by atoms with Crippen molar-refractivity contribution in [3.8, 4) is 0 Å². The van der Waals surface area contributed by atoms with Crippen LogP contribution in [0.5, 0.6) is 0 Å². The first-order valence-electron chi connectivity index (χ1n) is 5.70. The van der Waals surface area contributed by atoms with Gasteiger partial charge in [0.15, 0.2) is 0 Å². The first-order valence-corrected chi connectivity index (χ1v) is 5.70. The van der Waals surface area contributed by atoms with Crippen molar-refractivity contribution in [1.82, 2.24) is 10.2 Å². The van der Waals surface area contributed by atoms with E-state index in [-0.39, 0.29) is 11.9 Å². The standard InChI is InChI=1S/C11H20N2O/c1-8-4-3-5-10(8)6-13-7-12-9(2)11(13)14/h8-10,12H,3-7H2,1-2H3. The van der Waals surface area contributed by atoms with Crippen LogP contribution in [0.1, 0.15) is 33.1 Å². The van der Waals surface area contributed by atoms with Crippen LogP contribution in [0.2, 0.25) is 0 Å². The Hall–Kier alpha value is -0.570. The van der Waals surface area contributed by atoms with Gasteiger partial charge in [-0.1, -0.05) is 19.8 Å². The van der Waals surface area contributed by atoms with E-state index in [0.717, 1.165) is 25.0 Å². The second kappa shape index (κ2) is 3.89. The maximum absolute atomic E-state index is 11.7. The summed E-state index contributed by atoms with van der Waals surface area (Å²) in [5.41, 5.74) is 0. The molecule has 0 aromatic heterocycles. The van der Waals surface area contributed by atoms with Crippen LogP contribution in [0.25, 0.3) is 0 Å². The molecule has 0 aromatic rings. The maximum Gasteiger partial charge on any atom is 0.240 e. The normalized spacial score (nSPS) is 38.3. The minimum atomic E-state index is 0.0340. The largest absolute Gasteiger partial charge is 0.328 e. The number of amides is 1. The van der Waals surface area contributed by atoms with Crippen molar-refractivity contribution in [1.29, 1.82) is 0 Å². The average molecular weight is 196 g/mol. The van der Waals surface area contributed by atoms with Crippen molar-refractivity contribution in [2.75, 3.05) is 13.2 Å². The molecule has 2 fully saturated rings. The van der Waals surface area contributed by atoms with Gasteiger partial charge >= 0.3 is 0 Å². The lowest BCUT2D eigenvalue weighted by Crippen LogP contribution is -2.33. The molecular weight excluding hydrogens is 176 g/mol. The summed E-state index contributed by atoms with van der Waals surface area (Å²) >= 11 is 0. The van der Waals surface area contributed by atoms with E-state index in [2.05, 4.69) is 12.2 Å². The molecule has 1 saturated heterocycles. The van der Waals surface area contributed by atoms with E-state index in [1.807, 2.05) is 11.8 Å². The Morgan fingerprint density at radius 3 is 2.71 bits per heavy atom. The SMILES string of the molecule is CC1NCN(CC2CCCC2C)C1=O. The molecule has 80 valence electrons. The van der Waals surface area contributed by atoms with Crippen molar-refractivity contribution in [3.05, 3.63) is 0 Å². The van der Waals surface area contributed by atoms with Crippen LogP contribution < -0.4 is 5.32 Å². The minimum Gasteiger partial charge on any atom is -0.328 e. The predicted molar refractivity (Wildman–Crippen MR) is 55.7 cm³/mol. The smallest absolute Gasteiger partial charge is 0.240 e. The average Bonchev–Trinajstić information content (AvgIpc) is 2.68. The molecule has 1 heterocycles. The fourth-order valence-electron chi connectivity index (χ4n) is 2.62. The summed E-state index contributed by atoms with van der Waals surface area (Å²) in [6.07, 6.45) is 3.99. The van der Waals surface area contributed by atoms with Crippen molar-refractivity contribution < 1.29 is 4.79 Å². The molecule has 1 saturated carbocycles. The van der Waals surface area contributed by atoms with Gasteiger partial charge in [0.2, 0.25) is 5.91 Å². The zero-order chi connectivity index (χ0) is 10.1. The van der Waals surface area contributed by atoms with Crippen molar-refractivity contribution in [3.63, 3.8) is 0 Å². The topological polar surface area (TPSA) is 32.3 Å². The summed E-state index contributed by atoms with van der Waals surface area (Å²) in [6.45, 7) is 5.98. The Labute approximate surface area is 85.8 Å². The molecule has 2 rings (SSSR count). The van der Waals surface area contributed by atoms with Gasteiger partial charge in [-0.2, -0.15) is 0 Å². The molecule has 1 amide bonds. The molecule has 3 nitrogen and oxygen atoms in total. The molecule has 1 aliphatic carbocycles. The molecule has 0 aromatic carbocycles. The summed E-state index contributed by atoms with van der Waals surface area (Å²) in [4.78, 5) is 13.6. The van der Waals surface area contributed by atoms with Crippen LogP contribution in [0.4, 0.5) is 0 Å². The summed E-state index contributed by atoms with van der Waals surface area (Å²) in [7, 11) is 0. The van der Waals surface area contributed by atoms with Crippen molar-refractivity contribution in [2.24, 2.45) is 11.8 Å². The highest BCUT2D eigenvalue weighted by Gasteiger charge is 2.32. The van der Waals surface area contributed by atoms with E-state index in [9.17, 15) is 4.79 Å². The van der Waals surface area contributed by atoms with Crippen LogP contribution >= 0.6 is 0 Å². The molecule has 1 aliphatic heterocycles. The fourth-order valence-corrected chi connectivity index (χ4v) is 2.62. The number of carbonyl (C=O) groups excluding carboxylic acids is 1. The quantitative estimate of drug-likeness (QED) is 0.719. The molecule has 14 heavy (non-hydrogen) atoms. The molecule has 0 spiro atoms. The Kier molecular flexibility index (Phi) is 2.77. The number of carbonyl (C=O) groups is 1. The van der Waals surface area contributed by atoms with Crippen LogP contribution in [-0.4, -0.2) is 30.1 Å². The highest BCUT2D eigenvalue weighted by Crippen LogP contribution is 2.32. The third-order valence-electron chi connectivity index (χ3n) is 3.76. The molecule has 3 atom stereocenters. The molecule has 1 N–H and O–H groups in total. The first-order chi connectivity index (χ1) is 6.68. The summed E-state index contributed by atoms with van der Waals surface area (Å²) in [6, 6.07) is 0.0340. The molecular formula is C11H20N2O. The Bertz CT molecular complexity index is 229. The third-order valence-corrected chi connectivity index (χ3v) is 3.76. The number of hydrogen-bond acceptors (Lipinski definition) is 2. The maximum atomic E-state index is 11.7. The monoisotopic (exact) mass is 196 g/mol. The Morgan fingerprint density at radius 2 is 2.21 bits per heavy atom. The number of hydrogen-bond donors (Lipinski definition) is 1. The Morgan fingerprint density at radius 1 is 1.43 bits per heavy atom. The number of nitrogens with zero attached hydrogens (tertiary/aromatic N) is 1. The zero-order valence-electron chi connectivity index (χ0n) is 9.12. The van der Waals surface area contributed by atoms with E-state index >= 15 is 0 Å². The summed E-state index contributed by atoms with van der Waals surface area (Å²) in [5.74, 6) is 1.83. The highest BCUT2D eigenvalue weighted by atomic mass is 16.2. The lowest BCUT2D eigenvalue weighted by Gasteiger charge is -2.22. The van der Waals surface area contributed by atoms with Gasteiger partial charge in [-0.15, -0.1) is 0 Å². The van der Waals surface area contributed by atoms with Crippen LogP contribution in [0.15, 0.2) is 0 Å². The van der Waals surface area contributed by atoms with Crippen LogP contribution in [-0.2, 0) is 4.79 Å². The fraction of sp³-hybridized carbons (Fsp3) is 0.909. The summed E-state index contributed by atoms with van der Waals surface area (Å²) < 4.78 is 0. The van der Waals surface area contributed by atoms with Gasteiger partial charge in [-0.05, 0) is 25.2 Å². The number of rotatable bonds is 2. The van der Waals surface area contributed by atoms with Crippen molar-refractivity contribution >= 4 is 5.91 Å². The summed E-state index contributed by atoms with van der Waals surface area (Å²) in [5, 5.41) is 3.18. The molecule has 0 radical (unpaired) electrons. The van der Waals surface area contributed by atoms with E-state index in [1.165, 1.54) is 19.3 Å². The second-order valence-electron chi connectivity index (χ2n) is 4.81. The van der Waals surface area contributed by atoms with Crippen molar-refractivity contribution in [2.45, 2.75) is 39.2 Å². The van der Waals surface area contributed by atoms with Gasteiger partial charge < -0.3 is 4.90 Å². The van der Waals surface area contributed by atoms with Gasteiger partial charge in [0.05, 0.1) is 12.7 Å². The molecule has 0 bridgehead atoms. The van der Waals surface area contributed by atoms with E-state index in [1.54, 1.807) is 0 Å². The second-order valence-corrected chi connectivity index (χ2v) is 4.81. The Balaban J connectivity index is 1.88. The van der Waals surface area contributed by atoms with Gasteiger partial charge in [0.25, 0.3) is 0 Å². The van der Waals surface area contributed by atoms with E-state index in [0.29, 0.717) is 0 Å². The lowest BCUT2D eigenvalue weighted by atomic mass is 9.98. The highest BCUT2D eigenvalue weighted by molar-refractivity contribution is 5.83. The lowest BCUT2D eigenvalue weighted by molar-refractivity contribution is -0.129. The molecule has 3 heteroatoms. The van der Waals surface area contributed by atoms with E-state index < -0.39 is 0 Å². The van der Waals surface area contributed by atoms with Gasteiger partial charge in [0, 0.05) is 6.54 Å². The predicted octanol–water partition coefficient (Wildman–Crippen LogP) is 1.20. The van der Waals surface area contributed by atoms with Gasteiger partial charge in [-0.25, -0.2) is 0 Å². The van der Waals surface area contributed by atoms with E-state index in [4.69, 9.17) is 0 Å². The third kappa shape index (κ3) is 1.78. The van der Waals surface area contributed by atoms with Crippen LogP contribution in [0, 0.1) is 11.8 Å². The minimum absolute atomic E-state index is 0.0340. The van der Waals surface area contributed by atoms with Gasteiger partial charge in [0.1, 0.15) is 0 Å². The van der Waals surface area contributed by atoms with Crippen LogP contribution in [0.3, 0.4) is 0 Å².